The van der Waals surface area contributed by atoms with Crippen LogP contribution in [0.15, 0.2) is 66.8 Å². The Hall–Kier alpha value is -3.09. The van der Waals surface area contributed by atoms with Crippen molar-refractivity contribution in [3.8, 4) is 5.75 Å². The lowest BCUT2D eigenvalue weighted by Crippen LogP contribution is -2.37. The molecule has 0 saturated carbocycles. The van der Waals surface area contributed by atoms with E-state index in [0.29, 0.717) is 36.0 Å². The van der Waals surface area contributed by atoms with Crippen molar-refractivity contribution < 1.29 is 19.4 Å². The van der Waals surface area contributed by atoms with E-state index in [9.17, 15) is 14.7 Å². The van der Waals surface area contributed by atoms with Gasteiger partial charge in [-0.1, -0.05) is 36.4 Å². The van der Waals surface area contributed by atoms with Crippen LogP contribution in [-0.4, -0.2) is 59.4 Å². The summed E-state index contributed by atoms with van der Waals surface area (Å²) in [5.41, 5.74) is 1.26. The third kappa shape index (κ3) is 4.97. The van der Waals surface area contributed by atoms with Crippen LogP contribution in [0.3, 0.4) is 0 Å². The third-order valence-corrected chi connectivity index (χ3v) is 6.33. The summed E-state index contributed by atoms with van der Waals surface area (Å²) in [6.45, 7) is 7.11. The molecule has 33 heavy (non-hydrogen) atoms. The van der Waals surface area contributed by atoms with Gasteiger partial charge in [0.15, 0.2) is 0 Å². The van der Waals surface area contributed by atoms with Gasteiger partial charge in [-0.2, -0.15) is 0 Å². The van der Waals surface area contributed by atoms with Crippen LogP contribution < -0.4 is 4.74 Å². The second-order valence-corrected chi connectivity index (χ2v) is 8.65. The van der Waals surface area contributed by atoms with Crippen LogP contribution >= 0.6 is 11.6 Å². The molecule has 2 fully saturated rings. The van der Waals surface area contributed by atoms with Crippen LogP contribution in [0.4, 0.5) is 0 Å². The monoisotopic (exact) mass is 466 g/mol. The molecule has 7 heteroatoms. The summed E-state index contributed by atoms with van der Waals surface area (Å²) in [6.07, 6.45) is 3.95. The summed E-state index contributed by atoms with van der Waals surface area (Å²) in [5, 5.41) is 11.6. The fraction of sp³-hybridized carbons (Fsp3) is 0.308. The predicted octanol–water partition coefficient (Wildman–Crippen LogP) is 4.42. The van der Waals surface area contributed by atoms with E-state index in [4.69, 9.17) is 16.3 Å². The van der Waals surface area contributed by atoms with E-state index in [0.717, 1.165) is 31.5 Å². The molecule has 2 saturated heterocycles. The number of likely N-dealkylation sites (tertiary alicyclic amines) is 2. The summed E-state index contributed by atoms with van der Waals surface area (Å²) in [4.78, 5) is 30.0. The van der Waals surface area contributed by atoms with Gasteiger partial charge in [0.05, 0.1) is 11.6 Å². The Kier molecular flexibility index (Phi) is 7.16. The molecule has 2 heterocycles. The van der Waals surface area contributed by atoms with Gasteiger partial charge in [0.25, 0.3) is 11.7 Å². The number of rotatable bonds is 8. The Morgan fingerprint density at radius 2 is 1.73 bits per heavy atom. The number of aliphatic hydroxyl groups excluding tert-OH is 1. The zero-order valence-corrected chi connectivity index (χ0v) is 19.1. The van der Waals surface area contributed by atoms with Gasteiger partial charge in [0.1, 0.15) is 18.1 Å². The zero-order valence-electron chi connectivity index (χ0n) is 18.4. The highest BCUT2D eigenvalue weighted by Crippen LogP contribution is 2.39. The maximum Gasteiger partial charge on any atom is 0.295 e. The molecule has 1 unspecified atom stereocenters. The summed E-state index contributed by atoms with van der Waals surface area (Å²) in [5.74, 6) is -0.821. The molecular formula is C26H27ClN2O4. The number of carbonyl (C=O) groups excluding carboxylic acids is 2. The number of aliphatic hydroxyl groups is 1. The molecule has 2 aromatic rings. The van der Waals surface area contributed by atoms with Gasteiger partial charge in [0, 0.05) is 23.7 Å². The molecule has 1 amide bonds. The molecule has 2 aromatic carbocycles. The van der Waals surface area contributed by atoms with Crippen molar-refractivity contribution in [2.24, 2.45) is 0 Å². The Morgan fingerprint density at radius 1 is 1.06 bits per heavy atom. The minimum absolute atomic E-state index is 0.0866. The molecule has 0 bridgehead atoms. The molecule has 6 nitrogen and oxygen atoms in total. The van der Waals surface area contributed by atoms with Gasteiger partial charge < -0.3 is 19.6 Å². The van der Waals surface area contributed by atoms with E-state index < -0.39 is 17.7 Å². The lowest BCUT2D eigenvalue weighted by atomic mass is 9.95. The second kappa shape index (κ2) is 10.2. The van der Waals surface area contributed by atoms with Crippen molar-refractivity contribution in [2.45, 2.75) is 18.9 Å². The Bertz CT molecular complexity index is 1060. The second-order valence-electron chi connectivity index (χ2n) is 8.22. The fourth-order valence-corrected chi connectivity index (χ4v) is 4.50. The number of ketones is 1. The van der Waals surface area contributed by atoms with E-state index in [-0.39, 0.29) is 11.3 Å². The zero-order chi connectivity index (χ0) is 23.4. The third-order valence-electron chi connectivity index (χ3n) is 6.08. The van der Waals surface area contributed by atoms with E-state index in [1.807, 2.05) is 12.1 Å². The van der Waals surface area contributed by atoms with E-state index in [1.54, 1.807) is 47.4 Å². The van der Waals surface area contributed by atoms with Crippen molar-refractivity contribution >= 4 is 29.1 Å². The van der Waals surface area contributed by atoms with Crippen molar-refractivity contribution in [3.63, 3.8) is 0 Å². The maximum absolute atomic E-state index is 13.1. The van der Waals surface area contributed by atoms with Gasteiger partial charge in [0.2, 0.25) is 0 Å². The standard InChI is InChI=1S/C26H27ClN2O4/c1-2-17-33-21-11-7-18(8-12-21)23-22(24(30)19-5-9-20(27)10-6-19)25(31)26(32)29(23)16-15-28-13-3-4-14-28/h2,5-12,23,30H,1,3-4,13-17H2/b24-22+. The quantitative estimate of drug-likeness (QED) is 0.270. The molecule has 0 radical (unpaired) electrons. The number of halogens is 1. The van der Waals surface area contributed by atoms with Crippen molar-refractivity contribution in [1.29, 1.82) is 0 Å². The highest BCUT2D eigenvalue weighted by Gasteiger charge is 2.46. The Labute approximate surface area is 198 Å². The number of Topliss-reactive ketones (excluding diaryl/α,β-unsaturated/α-hetero) is 1. The van der Waals surface area contributed by atoms with Crippen LogP contribution in [0.5, 0.6) is 5.75 Å². The Balaban J connectivity index is 1.72. The number of hydrogen-bond acceptors (Lipinski definition) is 5. The van der Waals surface area contributed by atoms with Gasteiger partial charge in [-0.25, -0.2) is 0 Å². The van der Waals surface area contributed by atoms with Gasteiger partial charge in [-0.15, -0.1) is 0 Å². The van der Waals surface area contributed by atoms with Crippen LogP contribution in [0.25, 0.3) is 5.76 Å². The highest BCUT2D eigenvalue weighted by atomic mass is 35.5. The first-order valence-electron chi connectivity index (χ1n) is 11.1. The molecule has 1 N–H and O–H groups in total. The summed E-state index contributed by atoms with van der Waals surface area (Å²) >= 11 is 5.98. The average Bonchev–Trinajstić information content (AvgIpc) is 3.43. The van der Waals surface area contributed by atoms with Crippen LogP contribution in [-0.2, 0) is 9.59 Å². The lowest BCUT2D eigenvalue weighted by molar-refractivity contribution is -0.140. The average molecular weight is 467 g/mol. The topological polar surface area (TPSA) is 70.1 Å². The fourth-order valence-electron chi connectivity index (χ4n) is 4.38. The first kappa shape index (κ1) is 23.1. The minimum Gasteiger partial charge on any atom is -0.507 e. The van der Waals surface area contributed by atoms with Crippen molar-refractivity contribution in [3.05, 3.63) is 82.9 Å². The molecule has 2 aliphatic rings. The van der Waals surface area contributed by atoms with Crippen molar-refractivity contribution in [2.75, 3.05) is 32.8 Å². The number of nitrogens with zero attached hydrogens (tertiary/aromatic N) is 2. The van der Waals surface area contributed by atoms with E-state index in [1.165, 1.54) is 0 Å². The molecular weight excluding hydrogens is 440 g/mol. The molecule has 4 rings (SSSR count). The summed E-state index contributed by atoms with van der Waals surface area (Å²) in [6, 6.07) is 13.1. The van der Waals surface area contributed by atoms with Crippen molar-refractivity contribution in [1.82, 2.24) is 9.80 Å². The SMILES string of the molecule is C=CCOc1ccc(C2/C(=C(\O)c3ccc(Cl)cc3)C(=O)C(=O)N2CCN2CCCC2)cc1. The Morgan fingerprint density at radius 3 is 2.36 bits per heavy atom. The number of ether oxygens (including phenoxy) is 1. The molecule has 0 spiro atoms. The minimum atomic E-state index is -0.684. The molecule has 0 aromatic heterocycles. The molecule has 1 atom stereocenters. The number of amides is 1. The first-order valence-corrected chi connectivity index (χ1v) is 11.5. The highest BCUT2D eigenvalue weighted by molar-refractivity contribution is 6.46. The largest absolute Gasteiger partial charge is 0.507 e. The predicted molar refractivity (Wildman–Crippen MR) is 128 cm³/mol. The molecule has 2 aliphatic heterocycles. The van der Waals surface area contributed by atoms with E-state index in [2.05, 4.69) is 11.5 Å². The van der Waals surface area contributed by atoms with E-state index >= 15 is 0 Å². The number of carbonyl (C=O) groups is 2. The maximum atomic E-state index is 13.1. The lowest BCUT2D eigenvalue weighted by Gasteiger charge is -2.27. The van der Waals surface area contributed by atoms with Gasteiger partial charge >= 0.3 is 0 Å². The van der Waals surface area contributed by atoms with Gasteiger partial charge in [-0.05, 0) is 67.9 Å². The smallest absolute Gasteiger partial charge is 0.295 e. The normalized spacial score (nSPS) is 20.4. The van der Waals surface area contributed by atoms with Crippen LogP contribution in [0, 0.1) is 0 Å². The summed E-state index contributed by atoms with van der Waals surface area (Å²) in [7, 11) is 0. The number of hydrogen-bond donors (Lipinski definition) is 1. The first-order chi connectivity index (χ1) is 16.0. The number of benzene rings is 2. The van der Waals surface area contributed by atoms with Crippen LogP contribution in [0.1, 0.15) is 30.0 Å². The molecule has 172 valence electrons. The molecule has 0 aliphatic carbocycles. The summed E-state index contributed by atoms with van der Waals surface area (Å²) < 4.78 is 5.57. The van der Waals surface area contributed by atoms with Crippen LogP contribution in [0.2, 0.25) is 5.02 Å². The van der Waals surface area contributed by atoms with Gasteiger partial charge in [-0.3, -0.25) is 9.59 Å².